The number of nitrogens with zero attached hydrogens (tertiary/aromatic N) is 1. The second kappa shape index (κ2) is 5.60. The first kappa shape index (κ1) is 16.5. The quantitative estimate of drug-likeness (QED) is 0.660. The van der Waals surface area contributed by atoms with Gasteiger partial charge in [0, 0.05) is 17.5 Å². The van der Waals surface area contributed by atoms with E-state index in [2.05, 4.69) is 19.8 Å². The minimum atomic E-state index is -3.74. The zero-order valence-corrected chi connectivity index (χ0v) is 14.3. The number of aromatic amines is 2. The van der Waals surface area contributed by atoms with Crippen molar-refractivity contribution in [3.8, 4) is 0 Å². The molecule has 9 heteroatoms. The summed E-state index contributed by atoms with van der Waals surface area (Å²) in [6, 6.07) is 4.39. The second-order valence-electron chi connectivity index (χ2n) is 6.55. The fourth-order valence-electron chi connectivity index (χ4n) is 2.44. The summed E-state index contributed by atoms with van der Waals surface area (Å²) in [5.74, 6) is 0. The molecule has 0 fully saturated rings. The third-order valence-electron chi connectivity index (χ3n) is 3.60. The standard InChI is InChI=1S/C15H18N4O4S/c1-15(2,3)13-9(8-23-19-13)7-16-24(21,22)10-4-5-11-12(6-10)18-14(20)17-11/h4-6,8,16H,7H2,1-3H3,(H2,17,18,20). The van der Waals surface area contributed by atoms with Gasteiger partial charge in [-0.3, -0.25) is 0 Å². The van der Waals surface area contributed by atoms with Crippen molar-refractivity contribution in [1.82, 2.24) is 19.8 Å². The van der Waals surface area contributed by atoms with Crippen LogP contribution in [0.5, 0.6) is 0 Å². The van der Waals surface area contributed by atoms with E-state index in [0.717, 1.165) is 0 Å². The van der Waals surface area contributed by atoms with Crippen LogP contribution < -0.4 is 10.4 Å². The molecule has 3 aromatic rings. The molecule has 0 aliphatic rings. The Morgan fingerprint density at radius 3 is 2.62 bits per heavy atom. The van der Waals surface area contributed by atoms with Crippen LogP contribution in [0.2, 0.25) is 0 Å². The van der Waals surface area contributed by atoms with Crippen LogP contribution in [-0.4, -0.2) is 23.5 Å². The third-order valence-corrected chi connectivity index (χ3v) is 5.00. The number of imidazole rings is 1. The van der Waals surface area contributed by atoms with Gasteiger partial charge in [-0.15, -0.1) is 0 Å². The van der Waals surface area contributed by atoms with Crippen LogP contribution in [0.15, 0.2) is 38.7 Å². The smallest absolute Gasteiger partial charge is 0.323 e. The van der Waals surface area contributed by atoms with E-state index in [4.69, 9.17) is 4.52 Å². The number of H-pyrrole nitrogens is 2. The van der Waals surface area contributed by atoms with Crippen LogP contribution in [0.25, 0.3) is 11.0 Å². The van der Waals surface area contributed by atoms with E-state index in [0.29, 0.717) is 22.3 Å². The van der Waals surface area contributed by atoms with Crippen molar-refractivity contribution in [2.45, 2.75) is 37.6 Å². The van der Waals surface area contributed by atoms with Gasteiger partial charge in [0.25, 0.3) is 0 Å². The molecule has 3 N–H and O–H groups in total. The van der Waals surface area contributed by atoms with Gasteiger partial charge in [-0.05, 0) is 18.2 Å². The first-order chi connectivity index (χ1) is 11.2. The Hall–Kier alpha value is -2.39. The van der Waals surface area contributed by atoms with Crippen molar-refractivity contribution in [2.75, 3.05) is 0 Å². The third kappa shape index (κ3) is 3.13. The molecule has 0 bridgehead atoms. The van der Waals surface area contributed by atoms with Crippen LogP contribution in [0.4, 0.5) is 0 Å². The van der Waals surface area contributed by atoms with E-state index in [1.165, 1.54) is 18.4 Å². The molecule has 1 aromatic carbocycles. The predicted octanol–water partition coefficient (Wildman–Crippen LogP) is 1.62. The summed E-state index contributed by atoms with van der Waals surface area (Å²) in [6.07, 6.45) is 1.44. The van der Waals surface area contributed by atoms with E-state index < -0.39 is 10.0 Å². The van der Waals surface area contributed by atoms with Crippen LogP contribution in [-0.2, 0) is 22.0 Å². The lowest BCUT2D eigenvalue weighted by atomic mass is 9.90. The molecule has 0 atom stereocenters. The van der Waals surface area contributed by atoms with Gasteiger partial charge in [-0.25, -0.2) is 17.9 Å². The van der Waals surface area contributed by atoms with Crippen molar-refractivity contribution in [2.24, 2.45) is 0 Å². The molecule has 0 radical (unpaired) electrons. The zero-order chi connectivity index (χ0) is 17.5. The molecular formula is C15H18N4O4S. The number of aromatic nitrogens is 3. The highest BCUT2D eigenvalue weighted by Gasteiger charge is 2.23. The van der Waals surface area contributed by atoms with Gasteiger partial charge in [0.15, 0.2) is 0 Å². The largest absolute Gasteiger partial charge is 0.364 e. The number of rotatable bonds is 4. The Bertz CT molecular complexity index is 1040. The molecule has 2 aromatic heterocycles. The summed E-state index contributed by atoms with van der Waals surface area (Å²) in [7, 11) is -3.74. The van der Waals surface area contributed by atoms with Crippen molar-refractivity contribution < 1.29 is 12.9 Å². The van der Waals surface area contributed by atoms with Crippen molar-refractivity contribution in [3.63, 3.8) is 0 Å². The zero-order valence-electron chi connectivity index (χ0n) is 13.5. The van der Waals surface area contributed by atoms with Gasteiger partial charge in [0.1, 0.15) is 6.26 Å². The lowest BCUT2D eigenvalue weighted by molar-refractivity contribution is 0.393. The summed E-state index contributed by atoms with van der Waals surface area (Å²) < 4.78 is 32.5. The molecule has 0 aliphatic carbocycles. The van der Waals surface area contributed by atoms with Crippen LogP contribution in [0.1, 0.15) is 32.0 Å². The highest BCUT2D eigenvalue weighted by molar-refractivity contribution is 7.89. The topological polar surface area (TPSA) is 121 Å². The minimum Gasteiger partial charge on any atom is -0.364 e. The Labute approximate surface area is 138 Å². The molecule has 0 amide bonds. The highest BCUT2D eigenvalue weighted by atomic mass is 32.2. The molecule has 0 aliphatic heterocycles. The molecule has 24 heavy (non-hydrogen) atoms. The Kier molecular flexibility index (Phi) is 3.84. The molecule has 0 saturated heterocycles. The van der Waals surface area contributed by atoms with Gasteiger partial charge < -0.3 is 14.5 Å². The summed E-state index contributed by atoms with van der Waals surface area (Å²) in [4.78, 5) is 16.4. The number of nitrogens with one attached hydrogen (secondary N) is 3. The number of fused-ring (bicyclic) bond motifs is 1. The monoisotopic (exact) mass is 350 g/mol. The maximum atomic E-state index is 12.5. The second-order valence-corrected chi connectivity index (χ2v) is 8.32. The van der Waals surface area contributed by atoms with Crippen LogP contribution in [0.3, 0.4) is 0 Å². The molecule has 3 rings (SSSR count). The first-order valence-corrected chi connectivity index (χ1v) is 8.80. The van der Waals surface area contributed by atoms with Crippen LogP contribution >= 0.6 is 0 Å². The van der Waals surface area contributed by atoms with Gasteiger partial charge >= 0.3 is 5.69 Å². The Morgan fingerprint density at radius 2 is 1.92 bits per heavy atom. The minimum absolute atomic E-state index is 0.0685. The summed E-state index contributed by atoms with van der Waals surface area (Å²) in [5, 5.41) is 3.95. The number of benzene rings is 1. The van der Waals surface area contributed by atoms with Gasteiger partial charge in [-0.1, -0.05) is 25.9 Å². The average molecular weight is 350 g/mol. The maximum absolute atomic E-state index is 12.5. The summed E-state index contributed by atoms with van der Waals surface area (Å²) in [6.45, 7) is 5.98. The highest BCUT2D eigenvalue weighted by Crippen LogP contribution is 2.24. The lowest BCUT2D eigenvalue weighted by Crippen LogP contribution is -2.25. The number of hydrogen-bond donors (Lipinski definition) is 3. The van der Waals surface area contributed by atoms with E-state index in [9.17, 15) is 13.2 Å². The maximum Gasteiger partial charge on any atom is 0.323 e. The predicted molar refractivity (Wildman–Crippen MR) is 88.1 cm³/mol. The molecule has 0 unspecified atom stereocenters. The molecular weight excluding hydrogens is 332 g/mol. The molecule has 2 heterocycles. The number of sulfonamides is 1. The fraction of sp³-hybridized carbons (Fsp3) is 0.333. The van der Waals surface area contributed by atoms with E-state index >= 15 is 0 Å². The summed E-state index contributed by atoms with van der Waals surface area (Å²) in [5.41, 5.74) is 1.73. The van der Waals surface area contributed by atoms with Crippen molar-refractivity contribution in [1.29, 1.82) is 0 Å². The SMILES string of the molecule is CC(C)(C)c1nocc1CNS(=O)(=O)c1ccc2[nH]c(=O)[nH]c2c1. The molecule has 128 valence electrons. The normalized spacial score (nSPS) is 12.8. The lowest BCUT2D eigenvalue weighted by Gasteiger charge is -2.16. The molecule has 0 saturated carbocycles. The van der Waals surface area contributed by atoms with E-state index in [1.807, 2.05) is 20.8 Å². The van der Waals surface area contributed by atoms with Gasteiger partial charge in [0.2, 0.25) is 10.0 Å². The number of hydrogen-bond acceptors (Lipinski definition) is 5. The van der Waals surface area contributed by atoms with Crippen molar-refractivity contribution in [3.05, 3.63) is 46.2 Å². The first-order valence-electron chi connectivity index (χ1n) is 7.32. The van der Waals surface area contributed by atoms with Gasteiger partial charge in [-0.2, -0.15) is 0 Å². The summed E-state index contributed by atoms with van der Waals surface area (Å²) >= 11 is 0. The Morgan fingerprint density at radius 1 is 1.21 bits per heavy atom. The molecule has 0 spiro atoms. The Balaban J connectivity index is 1.85. The fourth-order valence-corrected chi connectivity index (χ4v) is 3.47. The molecule has 8 nitrogen and oxygen atoms in total. The van der Waals surface area contributed by atoms with Gasteiger partial charge in [0.05, 0.1) is 21.6 Å². The van der Waals surface area contributed by atoms with Crippen LogP contribution in [0, 0.1) is 0 Å². The van der Waals surface area contributed by atoms with Crippen molar-refractivity contribution >= 4 is 21.1 Å². The van der Waals surface area contributed by atoms with E-state index in [-0.39, 0.29) is 22.5 Å². The average Bonchev–Trinajstić information content (AvgIpc) is 3.08. The van der Waals surface area contributed by atoms with E-state index in [1.54, 1.807) is 6.07 Å².